The first kappa shape index (κ1) is 27.4. The summed E-state index contributed by atoms with van der Waals surface area (Å²) in [5, 5.41) is 32.5. The Hall–Kier alpha value is -2.16. The minimum absolute atomic E-state index is 0.00758. The van der Waals surface area contributed by atoms with Gasteiger partial charge in [-0.1, -0.05) is 40.7 Å². The van der Waals surface area contributed by atoms with Crippen molar-refractivity contribution in [3.8, 4) is 0 Å². The predicted molar refractivity (Wildman–Crippen MR) is 137 cm³/mol. The first-order valence-electron chi connectivity index (χ1n) is 13.7. The molecule has 1 aliphatic heterocycles. The lowest BCUT2D eigenvalue weighted by molar-refractivity contribution is -0.147. The first-order valence-corrected chi connectivity index (χ1v) is 13.7. The molecule has 0 amide bonds. The summed E-state index contributed by atoms with van der Waals surface area (Å²) in [6, 6.07) is 0. The van der Waals surface area contributed by atoms with Gasteiger partial charge in [0.1, 0.15) is 17.2 Å². The highest BCUT2D eigenvalue weighted by Gasteiger charge is 2.85. The molecule has 0 radical (unpaired) electrons. The molecule has 8 nitrogen and oxygen atoms in total. The van der Waals surface area contributed by atoms with Crippen LogP contribution in [0.4, 0.5) is 0 Å². The number of ketones is 3. The number of aliphatic carboxylic acids is 1. The summed E-state index contributed by atoms with van der Waals surface area (Å²) in [6.45, 7) is 12.5. The van der Waals surface area contributed by atoms with E-state index < -0.39 is 56.6 Å². The quantitative estimate of drug-likeness (QED) is 0.353. The molecule has 5 aliphatic rings. The van der Waals surface area contributed by atoms with Crippen LogP contribution in [0.25, 0.3) is 0 Å². The molecule has 5 rings (SSSR count). The van der Waals surface area contributed by atoms with Crippen LogP contribution in [0.5, 0.6) is 0 Å². The van der Waals surface area contributed by atoms with E-state index in [9.17, 15) is 34.5 Å². The molecule has 38 heavy (non-hydrogen) atoms. The van der Waals surface area contributed by atoms with Crippen molar-refractivity contribution in [3.05, 3.63) is 23.3 Å². The van der Waals surface area contributed by atoms with Gasteiger partial charge in [0, 0.05) is 30.1 Å². The van der Waals surface area contributed by atoms with Crippen LogP contribution in [0, 0.1) is 33.5 Å². The highest BCUT2D eigenvalue weighted by atomic mass is 16.6. The number of allylic oxidation sites excluding steroid dienone is 1. The molecule has 9 atom stereocenters. The molecule has 0 aromatic heterocycles. The molecular formula is C30H40O8. The average molecular weight is 529 g/mol. The maximum atomic E-state index is 14.2. The van der Waals surface area contributed by atoms with Gasteiger partial charge in [0.05, 0.1) is 29.1 Å². The minimum Gasteiger partial charge on any atom is -0.481 e. The minimum atomic E-state index is -1.77. The van der Waals surface area contributed by atoms with E-state index in [1.807, 2.05) is 20.8 Å². The van der Waals surface area contributed by atoms with E-state index in [-0.39, 0.29) is 42.0 Å². The third-order valence-electron chi connectivity index (χ3n) is 11.5. The van der Waals surface area contributed by atoms with Gasteiger partial charge >= 0.3 is 5.97 Å². The van der Waals surface area contributed by atoms with Gasteiger partial charge in [0.25, 0.3) is 0 Å². The number of hydrogen-bond acceptors (Lipinski definition) is 7. The summed E-state index contributed by atoms with van der Waals surface area (Å²) < 4.78 is 6.54. The van der Waals surface area contributed by atoms with Crippen molar-refractivity contribution in [1.82, 2.24) is 0 Å². The van der Waals surface area contributed by atoms with Crippen LogP contribution in [0.2, 0.25) is 0 Å². The maximum Gasteiger partial charge on any atom is 0.306 e. The van der Waals surface area contributed by atoms with Crippen LogP contribution in [-0.2, 0) is 23.9 Å². The monoisotopic (exact) mass is 528 g/mol. The van der Waals surface area contributed by atoms with E-state index in [0.29, 0.717) is 19.3 Å². The van der Waals surface area contributed by atoms with Crippen LogP contribution in [0.1, 0.15) is 80.6 Å². The molecule has 0 bridgehead atoms. The summed E-state index contributed by atoms with van der Waals surface area (Å²) in [6.07, 6.45) is 2.80. The van der Waals surface area contributed by atoms with Crippen LogP contribution in [0.15, 0.2) is 23.3 Å². The Labute approximate surface area is 223 Å². The highest BCUT2D eigenvalue weighted by molar-refractivity contribution is 6.02. The number of rotatable bonds is 6. The lowest BCUT2D eigenvalue weighted by Crippen LogP contribution is -2.66. The normalized spacial score (nSPS) is 44.9. The highest BCUT2D eigenvalue weighted by Crippen LogP contribution is 2.78. The summed E-state index contributed by atoms with van der Waals surface area (Å²) in [7, 11) is 0. The van der Waals surface area contributed by atoms with E-state index in [2.05, 4.69) is 6.92 Å². The molecule has 3 N–H and O–H groups in total. The third kappa shape index (κ3) is 3.02. The first-order chi connectivity index (χ1) is 17.3. The fourth-order valence-corrected chi connectivity index (χ4v) is 9.05. The van der Waals surface area contributed by atoms with Gasteiger partial charge in [-0.3, -0.25) is 19.2 Å². The summed E-state index contributed by atoms with van der Waals surface area (Å²) in [5.41, 5.74) is -5.09. The Bertz CT molecular complexity index is 1220. The standard InChI is InChI=1S/C30H40O8/c1-15(24(35)36)10-16(31)14-27(5,37)19-12-22(34)29(7)28(19,6)21(33)11-18-26(4)9-8-20(32)25(2,3)17(26)13-23-30(18,29)38-23/h11-12,15,17,22-23,34,37H,8-10,13-14H2,1-7H3,(H,35,36)/t15?,17-,22+,23+,26-,27-,28-,29+,30-/m0/s1. The Kier molecular flexibility index (Phi) is 5.58. The molecule has 1 spiro atoms. The molecule has 0 aromatic rings. The SMILES string of the molecule is CC(CC(=O)C[C@](C)(O)C1=C[C@@H](O)[C@]2(C)[C@]1(C)C(=O)C=C1[C@@]3(C)CCC(=O)C(C)(C)[C@@H]3C[C@H]3O[C@@]132)C(=O)O. The van der Waals surface area contributed by atoms with Crippen molar-refractivity contribution in [2.24, 2.45) is 33.5 Å². The number of fused-ring (bicyclic) bond motifs is 3. The molecule has 1 unspecified atom stereocenters. The van der Waals surface area contributed by atoms with E-state index in [1.54, 1.807) is 13.0 Å². The number of aliphatic hydroxyl groups is 2. The number of ether oxygens (including phenoxy) is 1. The lowest BCUT2D eigenvalue weighted by Gasteiger charge is -2.60. The fraction of sp³-hybridized carbons (Fsp3) is 0.733. The molecular weight excluding hydrogens is 488 g/mol. The number of epoxide rings is 1. The topological polar surface area (TPSA) is 141 Å². The summed E-state index contributed by atoms with van der Waals surface area (Å²) in [5.74, 6) is -2.48. The van der Waals surface area contributed by atoms with Gasteiger partial charge in [-0.05, 0) is 55.2 Å². The van der Waals surface area contributed by atoms with Gasteiger partial charge in [0.15, 0.2) is 5.78 Å². The average Bonchev–Trinajstić information content (AvgIpc) is 3.48. The van der Waals surface area contributed by atoms with Crippen molar-refractivity contribution in [2.45, 2.75) is 104 Å². The number of Topliss-reactive ketones (excluding diaryl/α,β-unsaturated/α-hetero) is 2. The molecule has 3 fully saturated rings. The zero-order valence-corrected chi connectivity index (χ0v) is 23.4. The Morgan fingerprint density at radius 1 is 1.18 bits per heavy atom. The van der Waals surface area contributed by atoms with Crippen LogP contribution in [-0.4, -0.2) is 62.0 Å². The summed E-state index contributed by atoms with van der Waals surface area (Å²) in [4.78, 5) is 51.1. The molecule has 1 saturated heterocycles. The number of carboxylic acids is 1. The largest absolute Gasteiger partial charge is 0.481 e. The van der Waals surface area contributed by atoms with Crippen molar-refractivity contribution in [1.29, 1.82) is 0 Å². The predicted octanol–water partition coefficient (Wildman–Crippen LogP) is 3.18. The Morgan fingerprint density at radius 2 is 1.82 bits per heavy atom. The van der Waals surface area contributed by atoms with Gasteiger partial charge in [-0.2, -0.15) is 0 Å². The Balaban J connectivity index is 1.57. The molecule has 0 aromatic carbocycles. The lowest BCUT2D eigenvalue weighted by atomic mass is 9.40. The molecule has 208 valence electrons. The van der Waals surface area contributed by atoms with Crippen LogP contribution < -0.4 is 0 Å². The zero-order chi connectivity index (χ0) is 28.4. The third-order valence-corrected chi connectivity index (χ3v) is 11.5. The summed E-state index contributed by atoms with van der Waals surface area (Å²) >= 11 is 0. The molecule has 4 aliphatic carbocycles. The van der Waals surface area contributed by atoms with Crippen molar-refractivity contribution >= 4 is 23.3 Å². The second kappa shape index (κ2) is 7.73. The van der Waals surface area contributed by atoms with Gasteiger partial charge in [-0.15, -0.1) is 0 Å². The van der Waals surface area contributed by atoms with E-state index >= 15 is 0 Å². The van der Waals surface area contributed by atoms with Gasteiger partial charge in [0.2, 0.25) is 0 Å². The van der Waals surface area contributed by atoms with E-state index in [4.69, 9.17) is 4.74 Å². The number of carbonyl (C=O) groups excluding carboxylic acids is 3. The van der Waals surface area contributed by atoms with Crippen molar-refractivity contribution in [2.75, 3.05) is 0 Å². The van der Waals surface area contributed by atoms with Crippen molar-refractivity contribution < 1.29 is 39.2 Å². The van der Waals surface area contributed by atoms with Gasteiger partial charge < -0.3 is 20.1 Å². The van der Waals surface area contributed by atoms with Gasteiger partial charge in [-0.25, -0.2) is 0 Å². The number of aliphatic hydroxyl groups excluding tert-OH is 1. The van der Waals surface area contributed by atoms with E-state index in [0.717, 1.165) is 5.57 Å². The second-order valence-corrected chi connectivity index (χ2v) is 13.9. The van der Waals surface area contributed by atoms with Crippen LogP contribution in [0.3, 0.4) is 0 Å². The maximum absolute atomic E-state index is 14.2. The molecule has 8 heteroatoms. The molecule has 2 saturated carbocycles. The number of carboxylic acid groups (broad SMARTS) is 1. The zero-order valence-electron chi connectivity index (χ0n) is 23.4. The molecule has 1 heterocycles. The number of carbonyl (C=O) groups is 4. The smallest absolute Gasteiger partial charge is 0.306 e. The second-order valence-electron chi connectivity index (χ2n) is 13.9. The number of hydrogen-bond donors (Lipinski definition) is 3. The van der Waals surface area contributed by atoms with E-state index in [1.165, 1.54) is 19.9 Å². The van der Waals surface area contributed by atoms with Crippen LogP contribution >= 0.6 is 0 Å². The van der Waals surface area contributed by atoms with Crippen molar-refractivity contribution in [3.63, 3.8) is 0 Å². The fourth-order valence-electron chi connectivity index (χ4n) is 9.05. The Morgan fingerprint density at radius 3 is 2.42 bits per heavy atom.